The third-order valence-electron chi connectivity index (χ3n) is 3.53. The van der Waals surface area contributed by atoms with Crippen LogP contribution in [0.5, 0.6) is 0 Å². The van der Waals surface area contributed by atoms with Crippen LogP contribution in [0.15, 0.2) is 42.5 Å². The Balaban J connectivity index is 1.81. The van der Waals surface area contributed by atoms with Gasteiger partial charge in [0.05, 0.1) is 5.02 Å². The van der Waals surface area contributed by atoms with Crippen molar-refractivity contribution in [2.75, 3.05) is 16.8 Å². The lowest BCUT2D eigenvalue weighted by Gasteiger charge is -2.31. The number of fused-ring (bicyclic) bond motifs is 1. The summed E-state index contributed by atoms with van der Waals surface area (Å²) in [6, 6.07) is 12.8. The van der Waals surface area contributed by atoms with Crippen LogP contribution in [0.4, 0.5) is 15.8 Å². The van der Waals surface area contributed by atoms with E-state index in [4.69, 9.17) is 23.8 Å². The van der Waals surface area contributed by atoms with Gasteiger partial charge in [0.15, 0.2) is 5.11 Å². The molecule has 0 bridgehead atoms. The second kappa shape index (κ2) is 6.00. The molecule has 1 aliphatic heterocycles. The fourth-order valence-corrected chi connectivity index (χ4v) is 2.93. The molecule has 0 aromatic heterocycles. The number of hydrogen-bond donors (Lipinski definition) is 1. The fourth-order valence-electron chi connectivity index (χ4n) is 2.51. The van der Waals surface area contributed by atoms with Gasteiger partial charge in [-0.15, -0.1) is 0 Å². The van der Waals surface area contributed by atoms with Gasteiger partial charge in [-0.1, -0.05) is 29.8 Å². The first-order valence-corrected chi connectivity index (χ1v) is 7.55. The lowest BCUT2D eigenvalue weighted by atomic mass is 10.0. The minimum atomic E-state index is -0.455. The van der Waals surface area contributed by atoms with Crippen LogP contribution < -0.4 is 10.2 Å². The number of benzene rings is 2. The van der Waals surface area contributed by atoms with Crippen molar-refractivity contribution in [1.82, 2.24) is 0 Å². The molecule has 1 N–H and O–H groups in total. The second-order valence-electron chi connectivity index (χ2n) is 4.94. The number of nitrogens with zero attached hydrogens (tertiary/aromatic N) is 1. The summed E-state index contributed by atoms with van der Waals surface area (Å²) < 4.78 is 13.5. The fraction of sp³-hybridized carbons (Fsp3) is 0.188. The monoisotopic (exact) mass is 320 g/mol. The number of nitrogens with one attached hydrogen (secondary N) is 1. The minimum absolute atomic E-state index is 0.106. The molecule has 1 aliphatic rings. The zero-order chi connectivity index (χ0) is 14.8. The van der Waals surface area contributed by atoms with Gasteiger partial charge >= 0.3 is 0 Å². The van der Waals surface area contributed by atoms with Gasteiger partial charge in [-0.3, -0.25) is 0 Å². The molecule has 0 spiro atoms. The highest BCUT2D eigenvalue weighted by atomic mass is 35.5. The van der Waals surface area contributed by atoms with Crippen molar-refractivity contribution in [3.8, 4) is 0 Å². The van der Waals surface area contributed by atoms with Crippen LogP contribution in [0.25, 0.3) is 0 Å². The standard InChI is InChI=1S/C16H14ClFN2S/c17-13-8-7-12(10-14(13)18)19-16(21)20-9-3-5-11-4-1-2-6-15(11)20/h1-2,4,6-8,10H,3,5,9H2,(H,19,21). The van der Waals surface area contributed by atoms with Crippen LogP contribution in [0.1, 0.15) is 12.0 Å². The lowest BCUT2D eigenvalue weighted by molar-refractivity contribution is 0.629. The smallest absolute Gasteiger partial charge is 0.177 e. The van der Waals surface area contributed by atoms with Gasteiger partial charge < -0.3 is 10.2 Å². The van der Waals surface area contributed by atoms with Gasteiger partial charge in [0, 0.05) is 17.9 Å². The van der Waals surface area contributed by atoms with Crippen molar-refractivity contribution in [2.45, 2.75) is 12.8 Å². The molecule has 0 saturated carbocycles. The Kier molecular flexibility index (Phi) is 4.08. The third kappa shape index (κ3) is 3.01. The summed E-state index contributed by atoms with van der Waals surface area (Å²) in [5.41, 5.74) is 3.01. The quantitative estimate of drug-likeness (QED) is 0.771. The highest BCUT2D eigenvalue weighted by molar-refractivity contribution is 7.80. The summed E-state index contributed by atoms with van der Waals surface area (Å²) in [6.07, 6.45) is 2.11. The summed E-state index contributed by atoms with van der Waals surface area (Å²) in [6.45, 7) is 0.860. The van der Waals surface area contributed by atoms with Crippen LogP contribution in [-0.4, -0.2) is 11.7 Å². The van der Waals surface area contributed by atoms with Crippen molar-refractivity contribution in [3.05, 3.63) is 58.9 Å². The Labute approximate surface area is 133 Å². The predicted molar refractivity (Wildman–Crippen MR) is 89.7 cm³/mol. The van der Waals surface area contributed by atoms with Crippen LogP contribution in [0.3, 0.4) is 0 Å². The topological polar surface area (TPSA) is 15.3 Å². The largest absolute Gasteiger partial charge is 0.332 e. The maximum Gasteiger partial charge on any atom is 0.177 e. The van der Waals surface area contributed by atoms with Crippen molar-refractivity contribution >= 4 is 40.3 Å². The number of thiocarbonyl (C=S) groups is 1. The van der Waals surface area contributed by atoms with Crippen molar-refractivity contribution in [3.63, 3.8) is 0 Å². The third-order valence-corrected chi connectivity index (χ3v) is 4.16. The van der Waals surface area contributed by atoms with E-state index < -0.39 is 5.82 Å². The van der Waals surface area contributed by atoms with E-state index >= 15 is 0 Å². The molecule has 21 heavy (non-hydrogen) atoms. The number of aryl methyl sites for hydroxylation is 1. The predicted octanol–water partition coefficient (Wildman–Crippen LogP) is 4.63. The van der Waals surface area contributed by atoms with Crippen LogP contribution in [0, 0.1) is 5.82 Å². The molecule has 0 radical (unpaired) electrons. The molecular formula is C16H14ClFN2S. The van der Waals surface area contributed by atoms with Gasteiger partial charge in [0.25, 0.3) is 0 Å². The Morgan fingerprint density at radius 1 is 1.24 bits per heavy atom. The molecule has 108 valence electrons. The van der Waals surface area contributed by atoms with E-state index in [1.54, 1.807) is 6.07 Å². The lowest BCUT2D eigenvalue weighted by Crippen LogP contribution is -2.38. The molecule has 0 fully saturated rings. The molecular weight excluding hydrogens is 307 g/mol. The number of anilines is 2. The van der Waals surface area contributed by atoms with Crippen molar-refractivity contribution < 1.29 is 4.39 Å². The van der Waals surface area contributed by atoms with Gasteiger partial charge in [0.2, 0.25) is 0 Å². The Morgan fingerprint density at radius 3 is 2.86 bits per heavy atom. The highest BCUT2D eigenvalue weighted by Crippen LogP contribution is 2.27. The van der Waals surface area contributed by atoms with E-state index in [2.05, 4.69) is 22.3 Å². The molecule has 5 heteroatoms. The maximum atomic E-state index is 13.5. The van der Waals surface area contributed by atoms with E-state index in [0.29, 0.717) is 10.8 Å². The van der Waals surface area contributed by atoms with E-state index in [0.717, 1.165) is 25.1 Å². The number of hydrogen-bond acceptors (Lipinski definition) is 1. The molecule has 0 aliphatic carbocycles. The zero-order valence-electron chi connectivity index (χ0n) is 11.3. The summed E-state index contributed by atoms with van der Waals surface area (Å²) in [5.74, 6) is -0.455. The van der Waals surface area contributed by atoms with E-state index in [9.17, 15) is 4.39 Å². The summed E-state index contributed by atoms with van der Waals surface area (Å²) in [7, 11) is 0. The molecule has 2 nitrogen and oxygen atoms in total. The molecule has 0 saturated heterocycles. The molecule has 2 aromatic rings. The molecule has 0 atom stereocenters. The Hall–Kier alpha value is -1.65. The second-order valence-corrected chi connectivity index (χ2v) is 5.74. The molecule has 0 amide bonds. The van der Waals surface area contributed by atoms with Crippen LogP contribution >= 0.6 is 23.8 Å². The zero-order valence-corrected chi connectivity index (χ0v) is 12.8. The number of halogens is 2. The molecule has 1 heterocycles. The molecule has 2 aromatic carbocycles. The molecule has 3 rings (SSSR count). The van der Waals surface area contributed by atoms with Crippen LogP contribution in [-0.2, 0) is 6.42 Å². The first kappa shape index (κ1) is 14.3. The highest BCUT2D eigenvalue weighted by Gasteiger charge is 2.19. The maximum absolute atomic E-state index is 13.5. The van der Waals surface area contributed by atoms with Crippen molar-refractivity contribution in [2.24, 2.45) is 0 Å². The summed E-state index contributed by atoms with van der Waals surface area (Å²) >= 11 is 11.2. The van der Waals surface area contributed by atoms with Gasteiger partial charge in [-0.2, -0.15) is 0 Å². The Morgan fingerprint density at radius 2 is 2.05 bits per heavy atom. The minimum Gasteiger partial charge on any atom is -0.332 e. The first-order valence-electron chi connectivity index (χ1n) is 6.76. The average molecular weight is 321 g/mol. The SMILES string of the molecule is Fc1cc(NC(=S)N2CCCc3ccccc32)ccc1Cl. The van der Waals surface area contributed by atoms with Crippen molar-refractivity contribution in [1.29, 1.82) is 0 Å². The average Bonchev–Trinajstić information content (AvgIpc) is 2.50. The summed E-state index contributed by atoms with van der Waals surface area (Å²) in [4.78, 5) is 2.06. The Bertz CT molecular complexity index is 690. The summed E-state index contributed by atoms with van der Waals surface area (Å²) in [5, 5.41) is 3.76. The van der Waals surface area contributed by atoms with Gasteiger partial charge in [-0.25, -0.2) is 4.39 Å². The van der Waals surface area contributed by atoms with Crippen LogP contribution in [0.2, 0.25) is 5.02 Å². The number of rotatable bonds is 1. The van der Waals surface area contributed by atoms with E-state index in [-0.39, 0.29) is 5.02 Å². The van der Waals surface area contributed by atoms with Gasteiger partial charge in [-0.05, 0) is 54.9 Å². The van der Waals surface area contributed by atoms with E-state index in [1.807, 2.05) is 12.1 Å². The molecule has 0 unspecified atom stereocenters. The number of para-hydroxylation sites is 1. The first-order chi connectivity index (χ1) is 10.1. The van der Waals surface area contributed by atoms with Gasteiger partial charge in [0.1, 0.15) is 5.82 Å². The van der Waals surface area contributed by atoms with E-state index in [1.165, 1.54) is 17.7 Å². The normalized spacial score (nSPS) is 13.7.